The fourth-order valence-electron chi connectivity index (χ4n) is 4.64. The minimum atomic E-state index is -3.70. The molecule has 0 unspecified atom stereocenters. The first kappa shape index (κ1) is 29.7. The number of sulfone groups is 1. The van der Waals surface area contributed by atoms with Gasteiger partial charge in [0.1, 0.15) is 11.7 Å². The number of nitrogens with zero attached hydrogens (tertiary/aromatic N) is 4. The molecule has 0 fully saturated rings. The lowest BCUT2D eigenvalue weighted by Gasteiger charge is -2.23. The smallest absolute Gasteiger partial charge is 0.206 e. The van der Waals surface area contributed by atoms with Crippen LogP contribution < -0.4 is 0 Å². The molecule has 6 nitrogen and oxygen atoms in total. The largest absolute Gasteiger partial charge is 0.357 e. The van der Waals surface area contributed by atoms with E-state index in [9.17, 15) is 8.42 Å². The van der Waals surface area contributed by atoms with Gasteiger partial charge in [-0.25, -0.2) is 18.4 Å². The molecule has 0 bridgehead atoms. The van der Waals surface area contributed by atoms with E-state index in [1.807, 2.05) is 60.7 Å². The zero-order chi connectivity index (χ0) is 29.2. The highest BCUT2D eigenvalue weighted by Gasteiger charge is 2.18. The normalized spacial score (nSPS) is 12.3. The van der Waals surface area contributed by atoms with Crippen molar-refractivity contribution in [3.8, 4) is 0 Å². The summed E-state index contributed by atoms with van der Waals surface area (Å²) in [6.07, 6.45) is 0. The minimum Gasteiger partial charge on any atom is -0.357 e. The first-order valence-corrected chi connectivity index (χ1v) is 15.6. The van der Waals surface area contributed by atoms with Gasteiger partial charge in [0.15, 0.2) is 0 Å². The fourth-order valence-corrected chi connectivity index (χ4v) is 5.90. The predicted molar refractivity (Wildman–Crippen MR) is 169 cm³/mol. The van der Waals surface area contributed by atoms with Crippen LogP contribution in [0.25, 0.3) is 0 Å². The van der Waals surface area contributed by atoms with Crippen LogP contribution in [0.5, 0.6) is 0 Å². The predicted octanol–water partition coefficient (Wildman–Crippen LogP) is 7.36. The molecule has 0 saturated carbocycles. The summed E-state index contributed by atoms with van der Waals surface area (Å²) in [5.74, 6) is 1.73. The summed E-state index contributed by atoms with van der Waals surface area (Å²) in [7, 11) is -3.70. The lowest BCUT2D eigenvalue weighted by Crippen LogP contribution is -2.31. The summed E-state index contributed by atoms with van der Waals surface area (Å²) in [6, 6.07) is 33.6. The Balaban J connectivity index is 1.61. The summed E-state index contributed by atoms with van der Waals surface area (Å²) in [5.41, 5.74) is 3.44. The zero-order valence-electron chi connectivity index (χ0n) is 24.2. The molecule has 0 saturated heterocycles. The Morgan fingerprint density at radius 2 is 0.829 bits per heavy atom. The second-order valence-electron chi connectivity index (χ2n) is 9.44. The molecule has 7 heteroatoms. The maximum atomic E-state index is 13.5. The maximum absolute atomic E-state index is 13.5. The van der Waals surface area contributed by atoms with E-state index in [0.29, 0.717) is 11.4 Å². The van der Waals surface area contributed by atoms with Gasteiger partial charge in [-0.05, 0) is 76.2 Å². The summed E-state index contributed by atoms with van der Waals surface area (Å²) in [5, 5.41) is 0. The molecule has 4 aromatic carbocycles. The molecular weight excluding hydrogens is 528 g/mol. The van der Waals surface area contributed by atoms with E-state index < -0.39 is 9.84 Å². The van der Waals surface area contributed by atoms with E-state index in [4.69, 9.17) is 9.98 Å². The quantitative estimate of drug-likeness (QED) is 0.149. The number of benzene rings is 4. The van der Waals surface area contributed by atoms with Crippen LogP contribution in [0, 0.1) is 0 Å². The van der Waals surface area contributed by atoms with Gasteiger partial charge in [0.25, 0.3) is 0 Å². The number of aliphatic imine (C=N–C) groups is 2. The van der Waals surface area contributed by atoms with E-state index in [0.717, 1.165) is 49.0 Å². The van der Waals surface area contributed by atoms with Gasteiger partial charge in [-0.15, -0.1) is 0 Å². The molecular formula is C34H38N4O2S. The Labute approximate surface area is 244 Å². The molecule has 41 heavy (non-hydrogen) atoms. The first-order chi connectivity index (χ1) is 19.9. The van der Waals surface area contributed by atoms with Gasteiger partial charge in [0.05, 0.1) is 21.2 Å². The molecule has 0 amide bonds. The van der Waals surface area contributed by atoms with E-state index in [-0.39, 0.29) is 9.79 Å². The first-order valence-electron chi connectivity index (χ1n) is 14.1. The second-order valence-corrected chi connectivity index (χ2v) is 11.4. The third-order valence-electron chi connectivity index (χ3n) is 6.95. The molecule has 0 spiro atoms. The molecule has 0 aromatic heterocycles. The van der Waals surface area contributed by atoms with Gasteiger partial charge < -0.3 is 9.80 Å². The van der Waals surface area contributed by atoms with Gasteiger partial charge in [-0.3, -0.25) is 0 Å². The standard InChI is InChI=1S/C34H38N4O2S/c1-5-37(6-2)33(27-15-11-9-12-16-27)35-29-19-23-31(24-20-29)41(39,40)32-25-21-30(22-26-32)36-34(38(7-3)8-4)28-17-13-10-14-18-28/h9-26H,5-8H2,1-4H3. The average molecular weight is 567 g/mol. The Hall–Kier alpha value is -4.23. The Morgan fingerprint density at radius 1 is 0.512 bits per heavy atom. The van der Waals surface area contributed by atoms with Crippen molar-refractivity contribution in [2.24, 2.45) is 9.98 Å². The third-order valence-corrected chi connectivity index (χ3v) is 8.74. The van der Waals surface area contributed by atoms with E-state index >= 15 is 0 Å². The van der Waals surface area contributed by atoms with Crippen LogP contribution in [0.1, 0.15) is 38.8 Å². The lowest BCUT2D eigenvalue weighted by molar-refractivity contribution is 0.466. The number of hydrogen-bond acceptors (Lipinski definition) is 4. The Kier molecular flexibility index (Phi) is 10.1. The SMILES string of the molecule is CCN(CC)C(=Nc1ccc(S(=O)(=O)c2ccc(N=C(c3ccccc3)N(CC)CC)cc2)cc1)c1ccccc1. The maximum Gasteiger partial charge on any atom is 0.206 e. The molecule has 4 aromatic rings. The summed E-state index contributed by atoms with van der Waals surface area (Å²) in [6.45, 7) is 11.7. The van der Waals surface area contributed by atoms with Crippen LogP contribution in [0.4, 0.5) is 11.4 Å². The highest BCUT2D eigenvalue weighted by molar-refractivity contribution is 7.91. The van der Waals surface area contributed by atoms with Crippen molar-refractivity contribution >= 4 is 32.9 Å². The topological polar surface area (TPSA) is 65.3 Å². The van der Waals surface area contributed by atoms with Gasteiger partial charge in [-0.2, -0.15) is 0 Å². The number of hydrogen-bond donors (Lipinski definition) is 0. The van der Waals surface area contributed by atoms with Crippen molar-refractivity contribution in [1.82, 2.24) is 9.80 Å². The molecule has 0 N–H and O–H groups in total. The van der Waals surface area contributed by atoms with Gasteiger partial charge >= 0.3 is 0 Å². The monoisotopic (exact) mass is 566 g/mol. The van der Waals surface area contributed by atoms with Crippen molar-refractivity contribution in [3.05, 3.63) is 120 Å². The molecule has 0 atom stereocenters. The number of amidine groups is 2. The molecule has 4 rings (SSSR count). The van der Waals surface area contributed by atoms with Crippen LogP contribution in [0.15, 0.2) is 129 Å². The average Bonchev–Trinajstić information content (AvgIpc) is 3.02. The van der Waals surface area contributed by atoms with E-state index in [1.54, 1.807) is 48.5 Å². The van der Waals surface area contributed by atoms with Crippen molar-refractivity contribution in [1.29, 1.82) is 0 Å². The zero-order valence-corrected chi connectivity index (χ0v) is 25.1. The Bertz CT molecular complexity index is 1440. The lowest BCUT2D eigenvalue weighted by atomic mass is 10.2. The van der Waals surface area contributed by atoms with Crippen LogP contribution in [-0.4, -0.2) is 56.1 Å². The highest BCUT2D eigenvalue weighted by Crippen LogP contribution is 2.26. The van der Waals surface area contributed by atoms with Gasteiger partial charge in [-0.1, -0.05) is 60.7 Å². The Morgan fingerprint density at radius 3 is 1.12 bits per heavy atom. The van der Waals surface area contributed by atoms with Crippen molar-refractivity contribution in [2.45, 2.75) is 37.5 Å². The van der Waals surface area contributed by atoms with E-state index in [1.165, 1.54) is 0 Å². The van der Waals surface area contributed by atoms with Gasteiger partial charge in [0.2, 0.25) is 9.84 Å². The summed E-state index contributed by atoms with van der Waals surface area (Å²) >= 11 is 0. The van der Waals surface area contributed by atoms with Crippen molar-refractivity contribution in [3.63, 3.8) is 0 Å². The molecule has 0 radical (unpaired) electrons. The third kappa shape index (κ3) is 7.11. The van der Waals surface area contributed by atoms with Crippen molar-refractivity contribution < 1.29 is 8.42 Å². The second kappa shape index (κ2) is 13.9. The molecule has 0 heterocycles. The van der Waals surface area contributed by atoms with Crippen molar-refractivity contribution in [2.75, 3.05) is 26.2 Å². The van der Waals surface area contributed by atoms with Crippen LogP contribution in [0.2, 0.25) is 0 Å². The number of rotatable bonds is 10. The summed E-state index contributed by atoms with van der Waals surface area (Å²) < 4.78 is 26.9. The van der Waals surface area contributed by atoms with Gasteiger partial charge in [0, 0.05) is 37.3 Å². The van der Waals surface area contributed by atoms with Crippen LogP contribution in [-0.2, 0) is 9.84 Å². The molecule has 0 aliphatic rings. The van der Waals surface area contributed by atoms with Crippen LogP contribution in [0.3, 0.4) is 0 Å². The molecule has 212 valence electrons. The molecule has 0 aliphatic heterocycles. The highest BCUT2D eigenvalue weighted by atomic mass is 32.2. The van der Waals surface area contributed by atoms with Crippen LogP contribution >= 0.6 is 0 Å². The molecule has 0 aliphatic carbocycles. The summed E-state index contributed by atoms with van der Waals surface area (Å²) in [4.78, 5) is 14.6. The fraction of sp³-hybridized carbons (Fsp3) is 0.235. The van der Waals surface area contributed by atoms with E-state index in [2.05, 4.69) is 37.5 Å². The minimum absolute atomic E-state index is 0.227.